The minimum Gasteiger partial charge on any atom is -0.480 e. The molecule has 9 nitrogen and oxygen atoms in total. The molecule has 0 heterocycles. The second kappa shape index (κ2) is 13.8. The predicted molar refractivity (Wildman–Crippen MR) is 130 cm³/mol. The quantitative estimate of drug-likeness (QED) is 0.229. The Balaban J connectivity index is 3.11. The summed E-state index contributed by atoms with van der Waals surface area (Å²) in [4.78, 5) is 50.0. The van der Waals surface area contributed by atoms with Gasteiger partial charge in [0.25, 0.3) is 0 Å². The van der Waals surface area contributed by atoms with Gasteiger partial charge in [0.2, 0.25) is 17.7 Å². The zero-order chi connectivity index (χ0) is 25.1. The average molecular weight is 481 g/mol. The zero-order valence-electron chi connectivity index (χ0n) is 19.6. The van der Waals surface area contributed by atoms with Crippen LogP contribution in [0.4, 0.5) is 0 Å². The average Bonchev–Trinajstić information content (AvgIpc) is 2.79. The van der Waals surface area contributed by atoms with E-state index in [2.05, 4.69) is 28.6 Å². The van der Waals surface area contributed by atoms with Crippen molar-refractivity contribution >= 4 is 36.3 Å². The van der Waals surface area contributed by atoms with Crippen LogP contribution >= 0.6 is 12.6 Å². The third-order valence-electron chi connectivity index (χ3n) is 5.47. The van der Waals surface area contributed by atoms with E-state index in [0.29, 0.717) is 6.42 Å². The summed E-state index contributed by atoms with van der Waals surface area (Å²) < 4.78 is 0. The Hall–Kier alpha value is -2.59. The Labute approximate surface area is 200 Å². The number of nitrogens with one attached hydrogen (secondary N) is 3. The Morgan fingerprint density at radius 1 is 0.939 bits per heavy atom. The number of nitrogens with two attached hydrogens (primary N) is 1. The minimum absolute atomic E-state index is 0.106. The molecule has 1 aromatic carbocycles. The van der Waals surface area contributed by atoms with E-state index in [0.717, 1.165) is 5.56 Å². The number of carbonyl (C=O) groups is 4. The number of aliphatic carboxylic acids is 1. The van der Waals surface area contributed by atoms with E-state index in [9.17, 15) is 24.3 Å². The maximum Gasteiger partial charge on any atom is 0.326 e. The van der Waals surface area contributed by atoms with Gasteiger partial charge in [0.1, 0.15) is 18.1 Å². The lowest BCUT2D eigenvalue weighted by atomic mass is 9.96. The van der Waals surface area contributed by atoms with Gasteiger partial charge in [0.05, 0.1) is 6.04 Å². The molecule has 0 aliphatic carbocycles. The summed E-state index contributed by atoms with van der Waals surface area (Å²) in [5, 5.41) is 17.3. The second-order valence-electron chi connectivity index (χ2n) is 8.48. The maximum absolute atomic E-state index is 13.2. The van der Waals surface area contributed by atoms with Gasteiger partial charge in [0, 0.05) is 12.2 Å². The van der Waals surface area contributed by atoms with Crippen molar-refractivity contribution in [2.45, 2.75) is 64.7 Å². The fourth-order valence-electron chi connectivity index (χ4n) is 3.13. The molecule has 0 spiro atoms. The van der Waals surface area contributed by atoms with Crippen LogP contribution in [0.5, 0.6) is 0 Å². The minimum atomic E-state index is -1.15. The predicted octanol–water partition coefficient (Wildman–Crippen LogP) is 0.727. The molecule has 10 heteroatoms. The zero-order valence-corrected chi connectivity index (χ0v) is 20.5. The van der Waals surface area contributed by atoms with E-state index in [4.69, 9.17) is 5.73 Å². The van der Waals surface area contributed by atoms with Crippen LogP contribution in [0.25, 0.3) is 0 Å². The van der Waals surface area contributed by atoms with Gasteiger partial charge in [-0.2, -0.15) is 12.6 Å². The Morgan fingerprint density at radius 3 is 2.00 bits per heavy atom. The number of hydrogen-bond acceptors (Lipinski definition) is 6. The van der Waals surface area contributed by atoms with Crippen LogP contribution in [0.15, 0.2) is 30.3 Å². The molecule has 0 fully saturated rings. The second-order valence-corrected chi connectivity index (χ2v) is 8.85. The van der Waals surface area contributed by atoms with Crippen molar-refractivity contribution in [3.05, 3.63) is 35.9 Å². The van der Waals surface area contributed by atoms with Crippen LogP contribution < -0.4 is 21.7 Å². The lowest BCUT2D eigenvalue weighted by molar-refractivity contribution is -0.144. The first-order valence-electron chi connectivity index (χ1n) is 11.1. The number of rotatable bonds is 13. The lowest BCUT2D eigenvalue weighted by Gasteiger charge is -2.28. The first-order valence-corrected chi connectivity index (χ1v) is 11.7. The first-order chi connectivity index (χ1) is 15.5. The number of amides is 3. The van der Waals surface area contributed by atoms with Crippen molar-refractivity contribution in [3.63, 3.8) is 0 Å². The van der Waals surface area contributed by atoms with Gasteiger partial charge >= 0.3 is 5.97 Å². The molecule has 0 saturated carbocycles. The van der Waals surface area contributed by atoms with E-state index in [1.54, 1.807) is 20.8 Å². The molecule has 1 aromatic rings. The van der Waals surface area contributed by atoms with E-state index >= 15 is 0 Å². The summed E-state index contributed by atoms with van der Waals surface area (Å²) in [5.41, 5.74) is 6.56. The molecule has 0 aliphatic rings. The normalized spacial score (nSPS) is 15.6. The topological polar surface area (TPSA) is 151 Å². The number of hydrogen-bond donors (Lipinski definition) is 6. The molecule has 6 N–H and O–H groups in total. The SMILES string of the molecule is CCC(C)C(NC(=O)C(Cc1ccccc1)NC(=O)C(N)CS)C(=O)NC(C(=O)O)C(C)C. The summed E-state index contributed by atoms with van der Waals surface area (Å²) in [7, 11) is 0. The van der Waals surface area contributed by atoms with Crippen LogP contribution in [-0.4, -0.2) is 58.7 Å². The fourth-order valence-corrected chi connectivity index (χ4v) is 3.30. The number of carboxylic acid groups (broad SMARTS) is 1. The number of benzene rings is 1. The lowest BCUT2D eigenvalue weighted by Crippen LogP contribution is -2.59. The van der Waals surface area contributed by atoms with Crippen LogP contribution in [0.1, 0.15) is 39.7 Å². The monoisotopic (exact) mass is 480 g/mol. The number of carbonyl (C=O) groups excluding carboxylic acids is 3. The van der Waals surface area contributed by atoms with Gasteiger partial charge in [-0.25, -0.2) is 4.79 Å². The molecule has 5 unspecified atom stereocenters. The molecule has 184 valence electrons. The first kappa shape index (κ1) is 28.4. The van der Waals surface area contributed by atoms with Crippen LogP contribution in [0.3, 0.4) is 0 Å². The van der Waals surface area contributed by atoms with E-state index < -0.39 is 47.9 Å². The molecular formula is C23H36N4O5S. The smallest absolute Gasteiger partial charge is 0.326 e. The van der Waals surface area contributed by atoms with Crippen LogP contribution in [0.2, 0.25) is 0 Å². The van der Waals surface area contributed by atoms with Crippen molar-refractivity contribution in [3.8, 4) is 0 Å². The Bertz CT molecular complexity index is 805. The molecular weight excluding hydrogens is 444 g/mol. The van der Waals surface area contributed by atoms with Crippen molar-refractivity contribution in [2.75, 3.05) is 5.75 Å². The maximum atomic E-state index is 13.2. The molecule has 33 heavy (non-hydrogen) atoms. The summed E-state index contributed by atoms with van der Waals surface area (Å²) in [5.74, 6) is -3.34. The Kier molecular flexibility index (Phi) is 11.9. The third kappa shape index (κ3) is 9.05. The van der Waals surface area contributed by atoms with Crippen molar-refractivity contribution < 1.29 is 24.3 Å². The molecule has 1 rings (SSSR count). The summed E-state index contributed by atoms with van der Waals surface area (Å²) in [6, 6.07) is 5.18. The van der Waals surface area contributed by atoms with E-state index in [1.807, 2.05) is 37.3 Å². The molecule has 0 aromatic heterocycles. The van der Waals surface area contributed by atoms with Crippen LogP contribution in [0, 0.1) is 11.8 Å². The van der Waals surface area contributed by atoms with Gasteiger partial charge in [-0.1, -0.05) is 64.4 Å². The molecule has 0 bridgehead atoms. The van der Waals surface area contributed by atoms with Gasteiger partial charge in [-0.05, 0) is 17.4 Å². The van der Waals surface area contributed by atoms with Gasteiger partial charge in [-0.15, -0.1) is 0 Å². The summed E-state index contributed by atoms with van der Waals surface area (Å²) in [6.45, 7) is 7.03. The van der Waals surface area contributed by atoms with Gasteiger partial charge in [-0.3, -0.25) is 14.4 Å². The molecule has 3 amide bonds. The van der Waals surface area contributed by atoms with Crippen molar-refractivity contribution in [2.24, 2.45) is 17.6 Å². The van der Waals surface area contributed by atoms with Crippen molar-refractivity contribution in [1.82, 2.24) is 16.0 Å². The molecule has 0 saturated heterocycles. The number of thiol groups is 1. The molecule has 0 radical (unpaired) electrons. The highest BCUT2D eigenvalue weighted by atomic mass is 32.1. The summed E-state index contributed by atoms with van der Waals surface area (Å²) in [6.07, 6.45) is 0.758. The highest BCUT2D eigenvalue weighted by Crippen LogP contribution is 2.12. The fraction of sp³-hybridized carbons (Fsp3) is 0.565. The highest BCUT2D eigenvalue weighted by Gasteiger charge is 2.33. The standard InChI is InChI=1S/C23H36N4O5S/c1-5-14(4)19(22(30)26-18(13(2)3)23(31)32)27-21(29)17(25-20(28)16(24)12-33)11-15-9-7-6-8-10-15/h6-10,13-14,16-19,33H,5,11-12,24H2,1-4H3,(H,25,28)(H,26,30)(H,27,29)(H,31,32). The van der Waals surface area contributed by atoms with Crippen LogP contribution in [-0.2, 0) is 25.6 Å². The van der Waals surface area contributed by atoms with Gasteiger partial charge < -0.3 is 26.8 Å². The largest absolute Gasteiger partial charge is 0.480 e. The Morgan fingerprint density at radius 2 is 1.52 bits per heavy atom. The van der Waals surface area contributed by atoms with E-state index in [-0.39, 0.29) is 24.0 Å². The van der Waals surface area contributed by atoms with Gasteiger partial charge in [0.15, 0.2) is 0 Å². The van der Waals surface area contributed by atoms with E-state index in [1.165, 1.54) is 0 Å². The summed E-state index contributed by atoms with van der Waals surface area (Å²) >= 11 is 4.03. The van der Waals surface area contributed by atoms with Crippen molar-refractivity contribution in [1.29, 1.82) is 0 Å². The molecule has 5 atom stereocenters. The highest BCUT2D eigenvalue weighted by molar-refractivity contribution is 7.80. The molecule has 0 aliphatic heterocycles. The third-order valence-corrected chi connectivity index (χ3v) is 5.87. The number of carboxylic acids is 1.